The van der Waals surface area contributed by atoms with Crippen molar-refractivity contribution in [3.8, 4) is 0 Å². The number of hydrogen-bond acceptors (Lipinski definition) is 5. The van der Waals surface area contributed by atoms with Crippen molar-refractivity contribution < 1.29 is 64.4 Å². The van der Waals surface area contributed by atoms with E-state index in [0.29, 0.717) is 6.26 Å². The van der Waals surface area contributed by atoms with Crippen molar-refractivity contribution in [2.45, 2.75) is 6.92 Å². The van der Waals surface area contributed by atoms with Gasteiger partial charge in [-0.3, -0.25) is 0 Å². The van der Waals surface area contributed by atoms with E-state index in [1.165, 1.54) is 4.70 Å². The summed E-state index contributed by atoms with van der Waals surface area (Å²) in [6, 6.07) is 8.19. The van der Waals surface area contributed by atoms with Gasteiger partial charge >= 0.3 is 51.4 Å². The largest absolute Gasteiger partial charge is 1.00 e. The third-order valence-electron chi connectivity index (χ3n) is 1.40. The summed E-state index contributed by atoms with van der Waals surface area (Å²) in [5.41, 5.74) is 1.12. The van der Waals surface area contributed by atoms with E-state index in [0.717, 1.165) is 10.5 Å². The van der Waals surface area contributed by atoms with Gasteiger partial charge in [0, 0.05) is 6.26 Å². The van der Waals surface area contributed by atoms with Crippen LogP contribution in [0.5, 0.6) is 0 Å². The Balaban J connectivity index is 0.000000330. The number of fused-ring (bicyclic) bond motifs is 1. The Labute approximate surface area is 141 Å². The summed E-state index contributed by atoms with van der Waals surface area (Å²) in [6.45, 7) is 2.03. The molecule has 82 valence electrons. The van der Waals surface area contributed by atoms with Crippen molar-refractivity contribution in [2.24, 2.45) is 0 Å². The summed E-state index contributed by atoms with van der Waals surface area (Å²) in [4.78, 5) is 4.33. The van der Waals surface area contributed by atoms with E-state index in [9.17, 15) is 0 Å². The molecule has 0 aliphatic rings. The number of thiazole rings is 1. The van der Waals surface area contributed by atoms with Crippen molar-refractivity contribution in [3.05, 3.63) is 29.3 Å². The minimum atomic E-state index is -3.92. The molecule has 0 saturated carbocycles. The Kier molecular flexibility index (Phi) is 7.47. The van der Waals surface area contributed by atoms with Gasteiger partial charge in [-0.2, -0.15) is 0 Å². The summed E-state index contributed by atoms with van der Waals surface area (Å²) < 4.78 is 28.5. The molecule has 0 fully saturated rings. The number of nitrogens with zero attached hydrogens (tertiary/aromatic N) is 1. The first-order valence-electron chi connectivity index (χ1n) is 4.09. The van der Waals surface area contributed by atoms with Crippen LogP contribution in [0.4, 0.5) is 0 Å². The first-order chi connectivity index (χ1) is 6.86. The van der Waals surface area contributed by atoms with Crippen LogP contribution in [0.25, 0.3) is 10.2 Å². The Bertz CT molecular complexity index is 510. The molecule has 0 aliphatic carbocycles. The van der Waals surface area contributed by atoms with E-state index in [1.807, 2.05) is 25.1 Å². The minimum absolute atomic E-state index is 0. The Hall–Kier alpha value is 0.656. The average molecular weight is 283 g/mol. The number of benzene rings is 1. The minimum Gasteiger partial charge on any atom is -0.748 e. The first kappa shape index (κ1) is 16.7. The fourth-order valence-corrected chi connectivity index (χ4v) is 1.81. The van der Waals surface area contributed by atoms with Gasteiger partial charge in [-0.25, -0.2) is 13.4 Å². The molecule has 0 bridgehead atoms. The van der Waals surface area contributed by atoms with Gasteiger partial charge in [0.05, 0.1) is 25.3 Å². The maximum Gasteiger partial charge on any atom is 1.00 e. The van der Waals surface area contributed by atoms with Gasteiger partial charge in [-0.15, -0.1) is 11.3 Å². The standard InChI is InChI=1S/C8H7NS.CH4O3S.K/c1-6-9-7-4-2-3-5-8(7)10-6;1-5(2,3)4;/h2-5H,1H3;1H3,(H,2,3,4);/q;;+1/p-1. The third kappa shape index (κ3) is 7.07. The Morgan fingerprint density at radius 2 is 1.81 bits per heavy atom. The molecule has 0 spiro atoms. The molecule has 16 heavy (non-hydrogen) atoms. The van der Waals surface area contributed by atoms with Crippen LogP contribution >= 0.6 is 11.3 Å². The molecule has 0 amide bonds. The van der Waals surface area contributed by atoms with Gasteiger partial charge in [0.25, 0.3) is 0 Å². The second-order valence-electron chi connectivity index (χ2n) is 2.90. The number of rotatable bonds is 0. The van der Waals surface area contributed by atoms with E-state index in [4.69, 9.17) is 13.0 Å². The topological polar surface area (TPSA) is 70.1 Å². The van der Waals surface area contributed by atoms with E-state index < -0.39 is 10.1 Å². The normalized spacial score (nSPS) is 10.2. The quantitative estimate of drug-likeness (QED) is 0.448. The molecule has 1 heterocycles. The molecule has 0 N–H and O–H groups in total. The molecule has 0 aliphatic heterocycles. The van der Waals surface area contributed by atoms with Gasteiger partial charge in [0.15, 0.2) is 0 Å². The molecular weight excluding hydrogens is 273 g/mol. The number of hydrogen-bond donors (Lipinski definition) is 0. The van der Waals surface area contributed by atoms with Crippen molar-refractivity contribution in [3.63, 3.8) is 0 Å². The molecule has 0 saturated heterocycles. The molecule has 2 rings (SSSR count). The van der Waals surface area contributed by atoms with Gasteiger partial charge in [0.1, 0.15) is 0 Å². The van der Waals surface area contributed by atoms with Gasteiger partial charge < -0.3 is 4.55 Å². The second-order valence-corrected chi connectivity index (χ2v) is 5.55. The average Bonchev–Trinajstić information content (AvgIpc) is 2.40. The van der Waals surface area contributed by atoms with E-state index in [1.54, 1.807) is 11.3 Å². The van der Waals surface area contributed by atoms with Crippen LogP contribution in [0.2, 0.25) is 0 Å². The molecule has 0 unspecified atom stereocenters. The van der Waals surface area contributed by atoms with Gasteiger partial charge in [-0.05, 0) is 19.1 Å². The Morgan fingerprint density at radius 1 is 1.31 bits per heavy atom. The summed E-state index contributed by atoms with van der Waals surface area (Å²) in [5.74, 6) is 0. The number of para-hydroxylation sites is 1. The maximum absolute atomic E-state index is 9.08. The molecular formula is C9H10KNO3S2. The summed E-state index contributed by atoms with van der Waals surface area (Å²) in [5, 5.41) is 1.14. The van der Waals surface area contributed by atoms with Crippen molar-refractivity contribution in [1.82, 2.24) is 4.98 Å². The number of aromatic nitrogens is 1. The Morgan fingerprint density at radius 3 is 2.31 bits per heavy atom. The van der Waals surface area contributed by atoms with Crippen LogP contribution in [-0.4, -0.2) is 24.2 Å². The fourth-order valence-electron chi connectivity index (χ4n) is 0.987. The zero-order chi connectivity index (χ0) is 11.5. The molecule has 4 nitrogen and oxygen atoms in total. The van der Waals surface area contributed by atoms with Crippen LogP contribution in [0.3, 0.4) is 0 Å². The fraction of sp³-hybridized carbons (Fsp3) is 0.222. The van der Waals surface area contributed by atoms with Gasteiger partial charge in [0.2, 0.25) is 0 Å². The second kappa shape index (κ2) is 7.17. The summed E-state index contributed by atoms with van der Waals surface area (Å²) in [7, 11) is -3.92. The number of aryl methyl sites for hydroxylation is 1. The zero-order valence-corrected chi connectivity index (χ0v) is 14.1. The van der Waals surface area contributed by atoms with E-state index >= 15 is 0 Å². The van der Waals surface area contributed by atoms with Crippen molar-refractivity contribution in [1.29, 1.82) is 0 Å². The first-order valence-corrected chi connectivity index (χ1v) is 6.72. The summed E-state index contributed by atoms with van der Waals surface area (Å²) >= 11 is 1.74. The summed E-state index contributed by atoms with van der Waals surface area (Å²) in [6.07, 6.45) is 0.604. The van der Waals surface area contributed by atoms with Gasteiger partial charge in [-0.1, -0.05) is 12.1 Å². The van der Waals surface area contributed by atoms with Crippen molar-refractivity contribution >= 4 is 31.7 Å². The SMILES string of the molecule is CS(=O)(=O)[O-].Cc1nc2ccccc2s1.[K+]. The third-order valence-corrected chi connectivity index (χ3v) is 2.35. The molecule has 0 radical (unpaired) electrons. The molecule has 7 heteroatoms. The van der Waals surface area contributed by atoms with Crippen LogP contribution in [0.15, 0.2) is 24.3 Å². The molecule has 1 aromatic heterocycles. The van der Waals surface area contributed by atoms with Crippen molar-refractivity contribution in [2.75, 3.05) is 6.26 Å². The maximum atomic E-state index is 9.08. The van der Waals surface area contributed by atoms with E-state index in [2.05, 4.69) is 11.1 Å². The molecule has 2 aromatic rings. The smallest absolute Gasteiger partial charge is 0.748 e. The predicted molar refractivity (Wildman–Crippen MR) is 60.0 cm³/mol. The monoisotopic (exact) mass is 283 g/mol. The molecule has 1 aromatic carbocycles. The van der Waals surface area contributed by atoms with Crippen LogP contribution in [0.1, 0.15) is 5.01 Å². The zero-order valence-electron chi connectivity index (χ0n) is 9.30. The predicted octanol–water partition coefficient (Wildman–Crippen LogP) is -1.23. The molecule has 0 atom stereocenters. The van der Waals surface area contributed by atoms with Crippen LogP contribution < -0.4 is 51.4 Å². The van der Waals surface area contributed by atoms with Crippen LogP contribution in [-0.2, 0) is 10.1 Å². The van der Waals surface area contributed by atoms with Crippen LogP contribution in [0, 0.1) is 6.92 Å². The van der Waals surface area contributed by atoms with E-state index in [-0.39, 0.29) is 51.4 Å².